The van der Waals surface area contributed by atoms with Gasteiger partial charge in [0.1, 0.15) is 13.2 Å². The van der Waals surface area contributed by atoms with Gasteiger partial charge in [-0.2, -0.15) is 0 Å². The molecule has 0 saturated carbocycles. The maximum atomic E-state index is 6.44. The zero-order valence-corrected chi connectivity index (χ0v) is 9.78. The molecular weight excluding hydrogens is 218 g/mol. The Morgan fingerprint density at radius 1 is 0.941 bits per heavy atom. The number of benzene rings is 1. The lowest BCUT2D eigenvalue weighted by Gasteiger charge is -2.34. The van der Waals surface area contributed by atoms with Gasteiger partial charge in [-0.15, -0.1) is 0 Å². The summed E-state index contributed by atoms with van der Waals surface area (Å²) in [5, 5.41) is 0. The Morgan fingerprint density at radius 3 is 2.41 bits per heavy atom. The first-order valence-electron chi connectivity index (χ1n) is 6.05. The van der Waals surface area contributed by atoms with Crippen LogP contribution in [0.1, 0.15) is 18.4 Å². The van der Waals surface area contributed by atoms with Crippen LogP contribution in [0.4, 0.5) is 0 Å². The molecule has 4 nitrogen and oxygen atoms in total. The van der Waals surface area contributed by atoms with Crippen LogP contribution in [-0.2, 0) is 10.3 Å². The summed E-state index contributed by atoms with van der Waals surface area (Å²) in [6, 6.07) is 6.01. The van der Waals surface area contributed by atoms with Crippen LogP contribution >= 0.6 is 0 Å². The van der Waals surface area contributed by atoms with E-state index in [-0.39, 0.29) is 5.54 Å². The highest BCUT2D eigenvalue weighted by atomic mass is 16.6. The predicted molar refractivity (Wildman–Crippen MR) is 63.4 cm³/mol. The van der Waals surface area contributed by atoms with Crippen molar-refractivity contribution >= 4 is 0 Å². The number of nitrogens with two attached hydrogens (primary N) is 1. The summed E-state index contributed by atoms with van der Waals surface area (Å²) in [7, 11) is 0. The van der Waals surface area contributed by atoms with Gasteiger partial charge in [-0.05, 0) is 30.5 Å². The molecule has 0 spiro atoms. The molecule has 3 rings (SSSR count). The summed E-state index contributed by atoms with van der Waals surface area (Å²) in [5.74, 6) is 1.63. The van der Waals surface area contributed by atoms with Crippen LogP contribution in [0.2, 0.25) is 0 Å². The van der Waals surface area contributed by atoms with E-state index in [1.165, 1.54) is 0 Å². The normalized spacial score (nSPS) is 22.2. The summed E-state index contributed by atoms with van der Waals surface area (Å²) in [4.78, 5) is 0. The smallest absolute Gasteiger partial charge is 0.161 e. The molecule has 1 aromatic rings. The Morgan fingerprint density at radius 2 is 1.65 bits per heavy atom. The molecule has 0 aliphatic carbocycles. The van der Waals surface area contributed by atoms with Crippen LogP contribution in [0.15, 0.2) is 18.2 Å². The zero-order chi connectivity index (χ0) is 11.7. The Bertz CT molecular complexity index is 413. The highest BCUT2D eigenvalue weighted by Gasteiger charge is 2.31. The van der Waals surface area contributed by atoms with E-state index < -0.39 is 0 Å². The van der Waals surface area contributed by atoms with Crippen molar-refractivity contribution in [3.8, 4) is 11.5 Å². The van der Waals surface area contributed by atoms with Crippen LogP contribution in [-0.4, -0.2) is 26.4 Å². The minimum Gasteiger partial charge on any atom is -0.486 e. The lowest BCUT2D eigenvalue weighted by molar-refractivity contribution is 0.0520. The average molecular weight is 235 g/mol. The lowest BCUT2D eigenvalue weighted by atomic mass is 9.83. The van der Waals surface area contributed by atoms with Gasteiger partial charge >= 0.3 is 0 Å². The van der Waals surface area contributed by atoms with Crippen molar-refractivity contribution in [1.29, 1.82) is 0 Å². The van der Waals surface area contributed by atoms with Crippen LogP contribution in [0.5, 0.6) is 11.5 Å². The molecule has 0 unspecified atom stereocenters. The van der Waals surface area contributed by atoms with Crippen molar-refractivity contribution in [2.75, 3.05) is 26.4 Å². The second kappa shape index (κ2) is 4.20. The van der Waals surface area contributed by atoms with Gasteiger partial charge in [0, 0.05) is 18.8 Å². The third kappa shape index (κ3) is 1.98. The van der Waals surface area contributed by atoms with E-state index in [9.17, 15) is 0 Å². The minimum absolute atomic E-state index is 0.284. The largest absolute Gasteiger partial charge is 0.486 e. The molecule has 2 aliphatic rings. The van der Waals surface area contributed by atoms with Crippen molar-refractivity contribution in [3.63, 3.8) is 0 Å². The molecule has 92 valence electrons. The van der Waals surface area contributed by atoms with Gasteiger partial charge in [0.05, 0.1) is 0 Å². The highest BCUT2D eigenvalue weighted by Crippen LogP contribution is 2.36. The Kier molecular flexibility index (Phi) is 2.68. The average Bonchev–Trinajstić information content (AvgIpc) is 2.39. The molecule has 2 aliphatic heterocycles. The van der Waals surface area contributed by atoms with Crippen LogP contribution in [0.3, 0.4) is 0 Å². The lowest BCUT2D eigenvalue weighted by Crippen LogP contribution is -2.42. The SMILES string of the molecule is NC1(c2ccc3c(c2)OCCO3)CCOCC1. The molecule has 0 atom stereocenters. The summed E-state index contributed by atoms with van der Waals surface area (Å²) in [5.41, 5.74) is 7.27. The Balaban J connectivity index is 1.92. The third-order valence-electron chi connectivity index (χ3n) is 3.50. The van der Waals surface area contributed by atoms with Gasteiger partial charge < -0.3 is 19.9 Å². The second-order valence-electron chi connectivity index (χ2n) is 4.63. The van der Waals surface area contributed by atoms with Crippen molar-refractivity contribution < 1.29 is 14.2 Å². The topological polar surface area (TPSA) is 53.7 Å². The molecule has 1 fully saturated rings. The minimum atomic E-state index is -0.284. The molecule has 0 radical (unpaired) electrons. The first-order chi connectivity index (χ1) is 8.28. The van der Waals surface area contributed by atoms with E-state index >= 15 is 0 Å². The number of hydrogen-bond acceptors (Lipinski definition) is 4. The second-order valence-corrected chi connectivity index (χ2v) is 4.63. The molecule has 0 amide bonds. The fourth-order valence-corrected chi connectivity index (χ4v) is 2.38. The Hall–Kier alpha value is -1.26. The number of rotatable bonds is 1. The summed E-state index contributed by atoms with van der Waals surface area (Å²) < 4.78 is 16.5. The number of ether oxygens (including phenoxy) is 3. The summed E-state index contributed by atoms with van der Waals surface area (Å²) in [6.45, 7) is 2.68. The molecule has 4 heteroatoms. The van der Waals surface area contributed by atoms with Crippen molar-refractivity contribution in [2.45, 2.75) is 18.4 Å². The first kappa shape index (κ1) is 10.9. The fraction of sp³-hybridized carbons (Fsp3) is 0.538. The molecular formula is C13H17NO3. The predicted octanol–water partition coefficient (Wildman–Crippen LogP) is 1.42. The van der Waals surface area contributed by atoms with Crippen LogP contribution in [0.25, 0.3) is 0 Å². The first-order valence-corrected chi connectivity index (χ1v) is 6.05. The summed E-state index contributed by atoms with van der Waals surface area (Å²) in [6.07, 6.45) is 1.71. The molecule has 0 aromatic heterocycles. The van der Waals surface area contributed by atoms with E-state index in [2.05, 4.69) is 0 Å². The van der Waals surface area contributed by atoms with E-state index in [0.717, 1.165) is 43.1 Å². The maximum absolute atomic E-state index is 6.44. The van der Waals surface area contributed by atoms with E-state index in [4.69, 9.17) is 19.9 Å². The van der Waals surface area contributed by atoms with Crippen LogP contribution < -0.4 is 15.2 Å². The summed E-state index contributed by atoms with van der Waals surface area (Å²) >= 11 is 0. The van der Waals surface area contributed by atoms with Crippen LogP contribution in [0, 0.1) is 0 Å². The Labute approximate surface area is 101 Å². The molecule has 2 N–H and O–H groups in total. The van der Waals surface area contributed by atoms with Gasteiger partial charge in [-0.25, -0.2) is 0 Å². The quantitative estimate of drug-likeness (QED) is 0.800. The molecule has 0 bridgehead atoms. The van der Waals surface area contributed by atoms with E-state index in [0.29, 0.717) is 13.2 Å². The van der Waals surface area contributed by atoms with E-state index in [1.807, 2.05) is 18.2 Å². The molecule has 1 aromatic carbocycles. The molecule has 2 heterocycles. The molecule has 17 heavy (non-hydrogen) atoms. The zero-order valence-electron chi connectivity index (χ0n) is 9.78. The van der Waals surface area contributed by atoms with Gasteiger partial charge in [0.15, 0.2) is 11.5 Å². The standard InChI is InChI=1S/C13H17NO3/c14-13(3-5-15-6-4-13)10-1-2-11-12(9-10)17-8-7-16-11/h1-2,9H,3-8,14H2. The monoisotopic (exact) mass is 235 g/mol. The van der Waals surface area contributed by atoms with E-state index in [1.54, 1.807) is 0 Å². The maximum Gasteiger partial charge on any atom is 0.161 e. The van der Waals surface area contributed by atoms with Crippen molar-refractivity contribution in [1.82, 2.24) is 0 Å². The third-order valence-corrected chi connectivity index (χ3v) is 3.50. The van der Waals surface area contributed by atoms with Crippen molar-refractivity contribution in [3.05, 3.63) is 23.8 Å². The van der Waals surface area contributed by atoms with Gasteiger partial charge in [0.25, 0.3) is 0 Å². The van der Waals surface area contributed by atoms with Gasteiger partial charge in [-0.3, -0.25) is 0 Å². The number of hydrogen-bond donors (Lipinski definition) is 1. The van der Waals surface area contributed by atoms with Gasteiger partial charge in [-0.1, -0.05) is 6.07 Å². The number of fused-ring (bicyclic) bond motifs is 1. The highest BCUT2D eigenvalue weighted by molar-refractivity contribution is 5.45. The van der Waals surface area contributed by atoms with Crippen molar-refractivity contribution in [2.24, 2.45) is 5.73 Å². The fourth-order valence-electron chi connectivity index (χ4n) is 2.38. The molecule has 1 saturated heterocycles. The van der Waals surface area contributed by atoms with Gasteiger partial charge in [0.2, 0.25) is 0 Å².